The standard InChI is InChI=1S/C8H16N2O/c1-9-2-3-10-6-8(11)4-7(10)5-9/h7-8,11H,2-6H2,1H3/t7-,8-/m0/s1. The molecule has 64 valence electrons. The highest BCUT2D eigenvalue weighted by molar-refractivity contribution is 4.89. The second kappa shape index (κ2) is 2.73. The Balaban J connectivity index is 1.97. The second-order valence-electron chi connectivity index (χ2n) is 3.80. The summed E-state index contributed by atoms with van der Waals surface area (Å²) in [6.45, 7) is 4.33. The first-order chi connectivity index (χ1) is 5.25. The van der Waals surface area contributed by atoms with Gasteiger partial charge >= 0.3 is 0 Å². The van der Waals surface area contributed by atoms with Gasteiger partial charge in [-0.2, -0.15) is 0 Å². The molecule has 0 aromatic rings. The lowest BCUT2D eigenvalue weighted by molar-refractivity contribution is 0.120. The van der Waals surface area contributed by atoms with Gasteiger partial charge in [0.2, 0.25) is 0 Å². The van der Waals surface area contributed by atoms with Crippen LogP contribution in [0.1, 0.15) is 6.42 Å². The molecule has 0 bridgehead atoms. The minimum Gasteiger partial charge on any atom is -0.392 e. The van der Waals surface area contributed by atoms with Crippen LogP contribution in [0.4, 0.5) is 0 Å². The van der Waals surface area contributed by atoms with Crippen LogP contribution in [0.3, 0.4) is 0 Å². The van der Waals surface area contributed by atoms with E-state index in [4.69, 9.17) is 0 Å². The smallest absolute Gasteiger partial charge is 0.0682 e. The normalized spacial score (nSPS) is 40.9. The molecular weight excluding hydrogens is 140 g/mol. The molecular formula is C8H16N2O. The van der Waals surface area contributed by atoms with Crippen molar-refractivity contribution in [1.82, 2.24) is 9.80 Å². The van der Waals surface area contributed by atoms with E-state index in [0.717, 1.165) is 32.6 Å². The van der Waals surface area contributed by atoms with E-state index in [1.165, 1.54) is 0 Å². The molecule has 1 N–H and O–H groups in total. The molecule has 11 heavy (non-hydrogen) atoms. The van der Waals surface area contributed by atoms with E-state index in [1.54, 1.807) is 0 Å². The molecule has 3 heteroatoms. The molecule has 2 atom stereocenters. The molecule has 2 rings (SSSR count). The fraction of sp³-hybridized carbons (Fsp3) is 1.00. The fourth-order valence-electron chi connectivity index (χ4n) is 2.17. The molecule has 2 saturated heterocycles. The van der Waals surface area contributed by atoms with E-state index < -0.39 is 0 Å². The summed E-state index contributed by atoms with van der Waals surface area (Å²) in [5, 5.41) is 9.39. The number of nitrogens with zero attached hydrogens (tertiary/aromatic N) is 2. The molecule has 2 aliphatic rings. The van der Waals surface area contributed by atoms with E-state index in [1.807, 2.05) is 0 Å². The van der Waals surface area contributed by atoms with Gasteiger partial charge < -0.3 is 10.0 Å². The summed E-state index contributed by atoms with van der Waals surface area (Å²) >= 11 is 0. The van der Waals surface area contributed by atoms with Crippen LogP contribution in [0.2, 0.25) is 0 Å². The van der Waals surface area contributed by atoms with Crippen molar-refractivity contribution in [1.29, 1.82) is 0 Å². The third kappa shape index (κ3) is 1.41. The molecule has 2 fully saturated rings. The predicted octanol–water partition coefficient (Wildman–Crippen LogP) is -0.633. The number of hydrogen-bond donors (Lipinski definition) is 1. The second-order valence-corrected chi connectivity index (χ2v) is 3.80. The van der Waals surface area contributed by atoms with Gasteiger partial charge in [0.1, 0.15) is 0 Å². The number of likely N-dealkylation sites (N-methyl/N-ethyl adjacent to an activating group) is 1. The van der Waals surface area contributed by atoms with Crippen LogP contribution >= 0.6 is 0 Å². The highest BCUT2D eigenvalue weighted by atomic mass is 16.3. The van der Waals surface area contributed by atoms with Crippen molar-refractivity contribution in [3.8, 4) is 0 Å². The lowest BCUT2D eigenvalue weighted by Gasteiger charge is -2.34. The zero-order chi connectivity index (χ0) is 7.84. The average Bonchev–Trinajstić information content (AvgIpc) is 2.27. The van der Waals surface area contributed by atoms with Gasteiger partial charge in [-0.15, -0.1) is 0 Å². The number of hydrogen-bond acceptors (Lipinski definition) is 3. The Hall–Kier alpha value is -0.120. The quantitative estimate of drug-likeness (QED) is 0.506. The molecule has 0 aromatic carbocycles. The molecule has 0 amide bonds. The van der Waals surface area contributed by atoms with Crippen LogP contribution in [-0.2, 0) is 0 Å². The minimum atomic E-state index is -0.0634. The Morgan fingerprint density at radius 3 is 2.91 bits per heavy atom. The highest BCUT2D eigenvalue weighted by Crippen LogP contribution is 2.20. The van der Waals surface area contributed by atoms with Crippen molar-refractivity contribution in [2.45, 2.75) is 18.6 Å². The fourth-order valence-corrected chi connectivity index (χ4v) is 2.17. The van der Waals surface area contributed by atoms with Gasteiger partial charge in [0.15, 0.2) is 0 Å². The van der Waals surface area contributed by atoms with Crippen molar-refractivity contribution in [3.63, 3.8) is 0 Å². The molecule has 2 heterocycles. The molecule has 0 saturated carbocycles. The highest BCUT2D eigenvalue weighted by Gasteiger charge is 2.33. The lowest BCUT2D eigenvalue weighted by atomic mass is 10.1. The summed E-state index contributed by atoms with van der Waals surface area (Å²) in [4.78, 5) is 4.75. The third-order valence-corrected chi connectivity index (χ3v) is 2.80. The number of fused-ring (bicyclic) bond motifs is 1. The van der Waals surface area contributed by atoms with E-state index in [9.17, 15) is 5.11 Å². The van der Waals surface area contributed by atoms with Crippen LogP contribution in [0, 0.1) is 0 Å². The van der Waals surface area contributed by atoms with Crippen molar-refractivity contribution in [2.75, 3.05) is 33.2 Å². The van der Waals surface area contributed by atoms with Gasteiger partial charge in [-0.25, -0.2) is 0 Å². The first-order valence-corrected chi connectivity index (χ1v) is 4.36. The van der Waals surface area contributed by atoms with Crippen molar-refractivity contribution in [3.05, 3.63) is 0 Å². The van der Waals surface area contributed by atoms with Crippen LogP contribution in [0.25, 0.3) is 0 Å². The maximum atomic E-state index is 9.39. The minimum absolute atomic E-state index is 0.0634. The van der Waals surface area contributed by atoms with Gasteiger partial charge in [0.25, 0.3) is 0 Å². The topological polar surface area (TPSA) is 26.7 Å². The van der Waals surface area contributed by atoms with Gasteiger partial charge in [-0.3, -0.25) is 4.90 Å². The van der Waals surface area contributed by atoms with Gasteiger partial charge in [-0.1, -0.05) is 0 Å². The summed E-state index contributed by atoms with van der Waals surface area (Å²) < 4.78 is 0. The number of piperazine rings is 1. The van der Waals surface area contributed by atoms with E-state index in [2.05, 4.69) is 16.8 Å². The van der Waals surface area contributed by atoms with Crippen LogP contribution in [0.5, 0.6) is 0 Å². The van der Waals surface area contributed by atoms with Crippen LogP contribution < -0.4 is 0 Å². The molecule has 2 aliphatic heterocycles. The zero-order valence-corrected chi connectivity index (χ0v) is 7.03. The van der Waals surface area contributed by atoms with E-state index >= 15 is 0 Å². The van der Waals surface area contributed by atoms with Crippen LogP contribution in [0.15, 0.2) is 0 Å². The maximum Gasteiger partial charge on any atom is 0.0682 e. The lowest BCUT2D eigenvalue weighted by Crippen LogP contribution is -2.48. The Morgan fingerprint density at radius 2 is 2.09 bits per heavy atom. The molecule has 0 unspecified atom stereocenters. The summed E-state index contributed by atoms with van der Waals surface area (Å²) in [6.07, 6.45) is 0.913. The Morgan fingerprint density at radius 1 is 1.27 bits per heavy atom. The number of aliphatic hydroxyl groups excluding tert-OH is 1. The summed E-state index contributed by atoms with van der Waals surface area (Å²) in [5.74, 6) is 0. The Bertz CT molecular complexity index is 151. The first-order valence-electron chi connectivity index (χ1n) is 4.36. The maximum absolute atomic E-state index is 9.39. The third-order valence-electron chi connectivity index (χ3n) is 2.80. The number of aliphatic hydroxyl groups is 1. The van der Waals surface area contributed by atoms with Crippen molar-refractivity contribution >= 4 is 0 Å². The molecule has 0 aliphatic carbocycles. The summed E-state index contributed by atoms with van der Waals surface area (Å²) in [6, 6.07) is 0.628. The summed E-state index contributed by atoms with van der Waals surface area (Å²) in [5.41, 5.74) is 0. The van der Waals surface area contributed by atoms with Crippen molar-refractivity contribution in [2.24, 2.45) is 0 Å². The zero-order valence-electron chi connectivity index (χ0n) is 7.03. The summed E-state index contributed by atoms with van der Waals surface area (Å²) in [7, 11) is 2.15. The molecule has 0 radical (unpaired) electrons. The molecule has 3 nitrogen and oxygen atoms in total. The Kier molecular flexibility index (Phi) is 1.87. The van der Waals surface area contributed by atoms with E-state index in [-0.39, 0.29) is 6.10 Å². The average molecular weight is 156 g/mol. The first kappa shape index (κ1) is 7.53. The van der Waals surface area contributed by atoms with Crippen LogP contribution in [-0.4, -0.2) is 60.3 Å². The monoisotopic (exact) mass is 156 g/mol. The largest absolute Gasteiger partial charge is 0.392 e. The predicted molar refractivity (Wildman–Crippen MR) is 43.5 cm³/mol. The van der Waals surface area contributed by atoms with Gasteiger partial charge in [0.05, 0.1) is 6.10 Å². The molecule has 0 spiro atoms. The number of rotatable bonds is 0. The van der Waals surface area contributed by atoms with Gasteiger partial charge in [-0.05, 0) is 13.5 Å². The Labute approximate surface area is 67.6 Å². The van der Waals surface area contributed by atoms with E-state index in [0.29, 0.717) is 6.04 Å². The van der Waals surface area contributed by atoms with Gasteiger partial charge in [0, 0.05) is 32.2 Å². The SMILES string of the molecule is CN1CCN2C[C@@H](O)C[C@H]2C1. The molecule has 0 aromatic heterocycles. The van der Waals surface area contributed by atoms with Crippen molar-refractivity contribution < 1.29 is 5.11 Å².